The number of hydrogen-bond donors (Lipinski definition) is 1. The van der Waals surface area contributed by atoms with E-state index in [1.54, 1.807) is 0 Å². The molecule has 1 saturated carbocycles. The molecule has 0 aromatic heterocycles. The number of nitrogens with one attached hydrogen (secondary N) is 1. The first kappa shape index (κ1) is 6.26. The first-order valence-corrected chi connectivity index (χ1v) is 4.30. The van der Waals surface area contributed by atoms with Crippen LogP contribution in [0, 0.1) is 11.8 Å². The fraction of sp³-hybridized carbons (Fsp3) is 0.778. The summed E-state index contributed by atoms with van der Waals surface area (Å²) < 4.78 is 0. The van der Waals surface area contributed by atoms with E-state index < -0.39 is 0 Å². The van der Waals surface area contributed by atoms with E-state index in [1.807, 2.05) is 0 Å². The van der Waals surface area contributed by atoms with Gasteiger partial charge in [0.05, 0.1) is 0 Å². The SMILES string of the molecule is CC1CCCC2NC=CC12. The fourth-order valence-electron chi connectivity index (χ4n) is 2.25. The van der Waals surface area contributed by atoms with Gasteiger partial charge in [0.1, 0.15) is 0 Å². The van der Waals surface area contributed by atoms with Crippen LogP contribution in [0.5, 0.6) is 0 Å². The predicted molar refractivity (Wildman–Crippen MR) is 42.6 cm³/mol. The van der Waals surface area contributed by atoms with E-state index in [9.17, 15) is 0 Å². The van der Waals surface area contributed by atoms with E-state index in [-0.39, 0.29) is 0 Å². The average molecular weight is 137 g/mol. The molecule has 1 heterocycles. The third kappa shape index (κ3) is 0.845. The molecule has 3 atom stereocenters. The molecule has 1 nitrogen and oxygen atoms in total. The summed E-state index contributed by atoms with van der Waals surface area (Å²) in [4.78, 5) is 0. The van der Waals surface area contributed by atoms with Gasteiger partial charge in [0.2, 0.25) is 0 Å². The van der Waals surface area contributed by atoms with Crippen LogP contribution in [0.2, 0.25) is 0 Å². The zero-order valence-electron chi connectivity index (χ0n) is 6.51. The van der Waals surface area contributed by atoms with Gasteiger partial charge in [0, 0.05) is 12.0 Å². The first-order chi connectivity index (χ1) is 4.88. The average Bonchev–Trinajstić information content (AvgIpc) is 2.36. The number of hydrogen-bond acceptors (Lipinski definition) is 1. The molecule has 10 heavy (non-hydrogen) atoms. The van der Waals surface area contributed by atoms with Crippen LogP contribution in [0.25, 0.3) is 0 Å². The second kappa shape index (κ2) is 2.30. The van der Waals surface area contributed by atoms with Crippen LogP contribution in [0.3, 0.4) is 0 Å². The minimum Gasteiger partial charge on any atom is -0.388 e. The van der Waals surface area contributed by atoms with Crippen LogP contribution in [-0.4, -0.2) is 6.04 Å². The lowest BCUT2D eigenvalue weighted by atomic mass is 9.78. The van der Waals surface area contributed by atoms with Gasteiger partial charge in [-0.3, -0.25) is 0 Å². The highest BCUT2D eigenvalue weighted by Crippen LogP contribution is 2.33. The Hall–Kier alpha value is -0.460. The van der Waals surface area contributed by atoms with E-state index in [0.717, 1.165) is 17.9 Å². The Morgan fingerprint density at radius 2 is 2.30 bits per heavy atom. The highest BCUT2D eigenvalue weighted by Gasteiger charge is 2.30. The van der Waals surface area contributed by atoms with E-state index >= 15 is 0 Å². The van der Waals surface area contributed by atoms with Gasteiger partial charge in [-0.05, 0) is 25.0 Å². The van der Waals surface area contributed by atoms with Gasteiger partial charge < -0.3 is 5.32 Å². The molecule has 2 aliphatic rings. The van der Waals surface area contributed by atoms with Crippen LogP contribution >= 0.6 is 0 Å². The molecule has 0 bridgehead atoms. The Bertz CT molecular complexity index is 151. The molecule has 56 valence electrons. The Morgan fingerprint density at radius 1 is 1.40 bits per heavy atom. The number of fused-ring (bicyclic) bond motifs is 1. The summed E-state index contributed by atoms with van der Waals surface area (Å²) in [6.07, 6.45) is 8.69. The van der Waals surface area contributed by atoms with E-state index in [4.69, 9.17) is 0 Å². The quantitative estimate of drug-likeness (QED) is 0.537. The lowest BCUT2D eigenvalue weighted by Crippen LogP contribution is -2.33. The molecule has 1 aliphatic carbocycles. The molecule has 0 saturated heterocycles. The summed E-state index contributed by atoms with van der Waals surface area (Å²) in [5.41, 5.74) is 0. The van der Waals surface area contributed by atoms with Gasteiger partial charge >= 0.3 is 0 Å². The minimum absolute atomic E-state index is 0.781. The molecule has 1 N–H and O–H groups in total. The maximum Gasteiger partial charge on any atom is 0.0321 e. The summed E-state index contributed by atoms with van der Waals surface area (Å²) in [6.45, 7) is 2.37. The normalized spacial score (nSPS) is 44.7. The highest BCUT2D eigenvalue weighted by atomic mass is 14.9. The van der Waals surface area contributed by atoms with Gasteiger partial charge in [0.25, 0.3) is 0 Å². The van der Waals surface area contributed by atoms with Crippen molar-refractivity contribution < 1.29 is 0 Å². The van der Waals surface area contributed by atoms with Crippen molar-refractivity contribution in [2.75, 3.05) is 0 Å². The van der Waals surface area contributed by atoms with Gasteiger partial charge in [-0.15, -0.1) is 0 Å². The topological polar surface area (TPSA) is 12.0 Å². The van der Waals surface area contributed by atoms with Crippen LogP contribution in [-0.2, 0) is 0 Å². The van der Waals surface area contributed by atoms with Crippen molar-refractivity contribution in [1.82, 2.24) is 5.32 Å². The molecule has 3 unspecified atom stereocenters. The molecule has 1 aliphatic heterocycles. The zero-order valence-corrected chi connectivity index (χ0v) is 6.51. The molecule has 0 aromatic carbocycles. The first-order valence-electron chi connectivity index (χ1n) is 4.30. The van der Waals surface area contributed by atoms with Crippen molar-refractivity contribution in [3.05, 3.63) is 12.3 Å². The molecular weight excluding hydrogens is 122 g/mol. The molecule has 0 amide bonds. The van der Waals surface area contributed by atoms with Crippen molar-refractivity contribution in [1.29, 1.82) is 0 Å². The Kier molecular flexibility index (Phi) is 1.44. The summed E-state index contributed by atoms with van der Waals surface area (Å²) in [5.74, 6) is 1.75. The van der Waals surface area contributed by atoms with Crippen molar-refractivity contribution in [2.24, 2.45) is 11.8 Å². The van der Waals surface area contributed by atoms with Gasteiger partial charge in [-0.1, -0.05) is 19.4 Å². The third-order valence-electron chi connectivity index (χ3n) is 2.93. The fourth-order valence-corrected chi connectivity index (χ4v) is 2.25. The predicted octanol–water partition coefficient (Wildman–Crippen LogP) is 1.91. The molecule has 1 heteroatoms. The van der Waals surface area contributed by atoms with Crippen LogP contribution in [0.15, 0.2) is 12.3 Å². The Morgan fingerprint density at radius 3 is 3.10 bits per heavy atom. The van der Waals surface area contributed by atoms with Gasteiger partial charge in [-0.2, -0.15) is 0 Å². The van der Waals surface area contributed by atoms with Crippen molar-refractivity contribution in [2.45, 2.75) is 32.2 Å². The summed E-state index contributed by atoms with van der Waals surface area (Å²) >= 11 is 0. The van der Waals surface area contributed by atoms with Crippen LogP contribution in [0.4, 0.5) is 0 Å². The Labute approximate surface area is 62.5 Å². The Balaban J connectivity index is 2.08. The molecule has 1 fully saturated rings. The largest absolute Gasteiger partial charge is 0.388 e. The second-order valence-corrected chi connectivity index (χ2v) is 3.62. The van der Waals surface area contributed by atoms with E-state index in [0.29, 0.717) is 0 Å². The van der Waals surface area contributed by atoms with Crippen molar-refractivity contribution >= 4 is 0 Å². The maximum atomic E-state index is 3.41. The molecule has 0 aromatic rings. The van der Waals surface area contributed by atoms with Gasteiger partial charge in [-0.25, -0.2) is 0 Å². The zero-order chi connectivity index (χ0) is 6.97. The van der Waals surface area contributed by atoms with Crippen molar-refractivity contribution in [3.63, 3.8) is 0 Å². The lowest BCUT2D eigenvalue weighted by Gasteiger charge is -2.30. The van der Waals surface area contributed by atoms with E-state index in [1.165, 1.54) is 19.3 Å². The monoisotopic (exact) mass is 137 g/mol. The van der Waals surface area contributed by atoms with Crippen LogP contribution < -0.4 is 5.32 Å². The molecule has 2 rings (SSSR count). The van der Waals surface area contributed by atoms with E-state index in [2.05, 4.69) is 24.5 Å². The lowest BCUT2D eigenvalue weighted by molar-refractivity contribution is 0.263. The standard InChI is InChI=1S/C9H15N/c1-7-3-2-4-9-8(7)5-6-10-9/h5-10H,2-4H2,1H3. The van der Waals surface area contributed by atoms with Crippen molar-refractivity contribution in [3.8, 4) is 0 Å². The second-order valence-electron chi connectivity index (χ2n) is 3.62. The third-order valence-corrected chi connectivity index (χ3v) is 2.93. The summed E-state index contributed by atoms with van der Waals surface area (Å²) in [7, 11) is 0. The summed E-state index contributed by atoms with van der Waals surface area (Å²) in [5, 5.41) is 3.41. The van der Waals surface area contributed by atoms with Crippen LogP contribution in [0.1, 0.15) is 26.2 Å². The maximum absolute atomic E-state index is 3.41. The minimum atomic E-state index is 0.781. The highest BCUT2D eigenvalue weighted by molar-refractivity contribution is 5.05. The van der Waals surface area contributed by atoms with Gasteiger partial charge in [0.15, 0.2) is 0 Å². The number of rotatable bonds is 0. The summed E-state index contributed by atoms with van der Waals surface area (Å²) in [6, 6.07) is 0.781. The molecular formula is C9H15N. The molecule has 0 radical (unpaired) electrons. The molecule has 0 spiro atoms. The smallest absolute Gasteiger partial charge is 0.0321 e.